The predicted octanol–water partition coefficient (Wildman–Crippen LogP) is 1.48. The number of ketones is 1. The average molecular weight is 485 g/mol. The number of benzene rings is 1. The van der Waals surface area contributed by atoms with Gasteiger partial charge in [0.15, 0.2) is 16.6 Å². The number of para-hydroxylation sites is 1. The molecule has 2 atom stereocenters. The number of furan rings is 1. The van der Waals surface area contributed by atoms with Gasteiger partial charge in [-0.25, -0.2) is 13.4 Å². The van der Waals surface area contributed by atoms with E-state index in [9.17, 15) is 22.8 Å². The van der Waals surface area contributed by atoms with Crippen molar-refractivity contribution in [3.8, 4) is 0 Å². The third-order valence-electron chi connectivity index (χ3n) is 5.57. The minimum absolute atomic E-state index is 0.0711. The van der Waals surface area contributed by atoms with Crippen LogP contribution in [0, 0.1) is 0 Å². The molecule has 34 heavy (non-hydrogen) atoms. The third kappa shape index (κ3) is 5.00. The van der Waals surface area contributed by atoms with Gasteiger partial charge in [-0.2, -0.15) is 4.31 Å². The van der Waals surface area contributed by atoms with Crippen molar-refractivity contribution in [3.05, 3.63) is 60.5 Å². The van der Waals surface area contributed by atoms with Gasteiger partial charge in [0.2, 0.25) is 5.91 Å². The van der Waals surface area contributed by atoms with Gasteiger partial charge in [-0.1, -0.05) is 24.3 Å². The Morgan fingerprint density at radius 2 is 1.94 bits per heavy atom. The summed E-state index contributed by atoms with van der Waals surface area (Å²) < 4.78 is 32.2. The van der Waals surface area contributed by atoms with Crippen molar-refractivity contribution in [2.45, 2.75) is 36.9 Å². The molecule has 10 nitrogen and oxygen atoms in total. The summed E-state index contributed by atoms with van der Waals surface area (Å²) >= 11 is 0. The summed E-state index contributed by atoms with van der Waals surface area (Å²) in [5.74, 6) is -1.47. The molecule has 11 heteroatoms. The fourth-order valence-electron chi connectivity index (χ4n) is 3.71. The zero-order chi connectivity index (χ0) is 24.3. The topological polar surface area (TPSA) is 139 Å². The summed E-state index contributed by atoms with van der Waals surface area (Å²) in [7, 11) is -3.92. The van der Waals surface area contributed by atoms with E-state index in [2.05, 4.69) is 15.6 Å². The van der Waals surface area contributed by atoms with E-state index in [0.717, 1.165) is 9.69 Å². The molecule has 3 heterocycles. The van der Waals surface area contributed by atoms with Crippen molar-refractivity contribution in [2.24, 2.45) is 0 Å². The number of fused-ring (bicyclic) bond motifs is 1. The van der Waals surface area contributed by atoms with Gasteiger partial charge in [0, 0.05) is 18.1 Å². The summed E-state index contributed by atoms with van der Waals surface area (Å²) in [4.78, 5) is 41.8. The molecule has 2 N–H and O–H groups in total. The second-order valence-corrected chi connectivity index (χ2v) is 9.90. The summed E-state index contributed by atoms with van der Waals surface area (Å²) in [6, 6.07) is 11.5. The number of carbonyl (C=O) groups is 3. The smallest absolute Gasteiger partial charge is 0.287 e. The highest BCUT2D eigenvalue weighted by Gasteiger charge is 2.34. The van der Waals surface area contributed by atoms with Gasteiger partial charge in [0.1, 0.15) is 11.6 Å². The Morgan fingerprint density at radius 3 is 2.68 bits per heavy atom. The lowest BCUT2D eigenvalue weighted by molar-refractivity contribution is -0.128. The molecule has 2 aromatic heterocycles. The number of Topliss-reactive ketones (excluding diaryl/α,β-unsaturated/α-hetero) is 1. The Kier molecular flexibility index (Phi) is 6.75. The molecule has 4 rings (SSSR count). The maximum Gasteiger partial charge on any atom is 0.287 e. The molecule has 1 fully saturated rings. The first-order valence-corrected chi connectivity index (χ1v) is 12.2. The number of pyridine rings is 1. The third-order valence-corrected chi connectivity index (χ3v) is 7.33. The van der Waals surface area contributed by atoms with Crippen LogP contribution in [-0.2, 0) is 19.6 Å². The second-order valence-electron chi connectivity index (χ2n) is 8.02. The van der Waals surface area contributed by atoms with Crippen molar-refractivity contribution >= 4 is 38.6 Å². The van der Waals surface area contributed by atoms with Crippen molar-refractivity contribution in [3.63, 3.8) is 0 Å². The van der Waals surface area contributed by atoms with Crippen molar-refractivity contribution < 1.29 is 27.2 Å². The molecular weight excluding hydrogens is 460 g/mol. The minimum atomic E-state index is -3.92. The molecular formula is C23H24N4O6S. The normalized spacial score (nSPS) is 18.3. The van der Waals surface area contributed by atoms with Crippen molar-refractivity contribution in [1.29, 1.82) is 0 Å². The van der Waals surface area contributed by atoms with Gasteiger partial charge in [-0.05, 0) is 44.0 Å². The first-order chi connectivity index (χ1) is 16.3. The largest absolute Gasteiger partial charge is 0.451 e. The van der Waals surface area contributed by atoms with E-state index in [1.54, 1.807) is 36.4 Å². The number of sulfonamides is 1. The van der Waals surface area contributed by atoms with Crippen LogP contribution in [0.15, 0.2) is 64.2 Å². The molecule has 2 amide bonds. The molecule has 1 unspecified atom stereocenters. The summed E-state index contributed by atoms with van der Waals surface area (Å²) in [5.41, 5.74) is 0.555. The summed E-state index contributed by atoms with van der Waals surface area (Å²) in [6.45, 7) is 1.26. The Hall–Kier alpha value is -3.57. The Morgan fingerprint density at radius 1 is 1.18 bits per heavy atom. The van der Waals surface area contributed by atoms with E-state index in [4.69, 9.17) is 4.42 Å². The number of nitrogens with one attached hydrogen (secondary N) is 2. The molecule has 1 aliphatic heterocycles. The fourth-order valence-corrected chi connectivity index (χ4v) is 5.09. The summed E-state index contributed by atoms with van der Waals surface area (Å²) in [5, 5.41) is 5.82. The number of aromatic nitrogens is 1. The van der Waals surface area contributed by atoms with Crippen LogP contribution in [0.3, 0.4) is 0 Å². The minimum Gasteiger partial charge on any atom is -0.451 e. The molecule has 1 aromatic carbocycles. The van der Waals surface area contributed by atoms with Crippen LogP contribution in [0.5, 0.6) is 0 Å². The van der Waals surface area contributed by atoms with E-state index >= 15 is 0 Å². The zero-order valence-electron chi connectivity index (χ0n) is 18.4. The maximum absolute atomic E-state index is 12.8. The lowest BCUT2D eigenvalue weighted by atomic mass is 10.1. The fraction of sp³-hybridized carbons (Fsp3) is 0.304. The van der Waals surface area contributed by atoms with Crippen LogP contribution in [0.4, 0.5) is 0 Å². The number of rotatable bonds is 6. The molecule has 1 aliphatic rings. The first-order valence-electron chi connectivity index (χ1n) is 10.8. The van der Waals surface area contributed by atoms with E-state index in [1.165, 1.54) is 19.2 Å². The number of hydrogen-bond donors (Lipinski definition) is 2. The first kappa shape index (κ1) is 23.6. The highest BCUT2D eigenvalue weighted by molar-refractivity contribution is 7.89. The van der Waals surface area contributed by atoms with Gasteiger partial charge in [0.25, 0.3) is 15.9 Å². The van der Waals surface area contributed by atoms with Crippen molar-refractivity contribution in [2.75, 3.05) is 13.1 Å². The second kappa shape index (κ2) is 9.74. The molecule has 0 bridgehead atoms. The van der Waals surface area contributed by atoms with E-state index in [0.29, 0.717) is 12.0 Å². The molecule has 3 aromatic rings. The van der Waals surface area contributed by atoms with Gasteiger partial charge in [-0.3, -0.25) is 14.4 Å². The molecule has 0 spiro atoms. The lowest BCUT2D eigenvalue weighted by Gasteiger charge is -2.20. The predicted molar refractivity (Wildman–Crippen MR) is 122 cm³/mol. The average Bonchev–Trinajstić information content (AvgIpc) is 3.18. The van der Waals surface area contributed by atoms with Crippen LogP contribution in [0.1, 0.15) is 30.3 Å². The van der Waals surface area contributed by atoms with Gasteiger partial charge in [0.05, 0.1) is 12.6 Å². The Labute approximate surface area is 196 Å². The standard InChI is InChI=1S/C23H24N4O6S/c1-15(25-23(30)20-13-16-7-2-3-9-19(16)33-20)22(29)26-17-8-6-12-27(14-18(17)28)34(31,32)21-10-4-5-11-24-21/h2-5,7,9-11,13,15,17H,6,8,12,14H2,1H3,(H,25,30)(H,26,29)/t15?,17-/m0/s1. The van der Waals surface area contributed by atoms with E-state index < -0.39 is 39.7 Å². The van der Waals surface area contributed by atoms with Crippen LogP contribution < -0.4 is 10.6 Å². The van der Waals surface area contributed by atoms with Gasteiger partial charge >= 0.3 is 0 Å². The monoisotopic (exact) mass is 484 g/mol. The highest BCUT2D eigenvalue weighted by Crippen LogP contribution is 2.19. The molecule has 178 valence electrons. The lowest BCUT2D eigenvalue weighted by Crippen LogP contribution is -2.51. The molecule has 0 saturated carbocycles. The number of carbonyl (C=O) groups excluding carboxylic acids is 3. The molecule has 0 aliphatic carbocycles. The van der Waals surface area contributed by atoms with E-state index in [-0.39, 0.29) is 30.3 Å². The van der Waals surface area contributed by atoms with Crippen LogP contribution >= 0.6 is 0 Å². The van der Waals surface area contributed by atoms with E-state index in [1.807, 2.05) is 6.07 Å². The maximum atomic E-state index is 12.8. The highest BCUT2D eigenvalue weighted by atomic mass is 32.2. The van der Waals surface area contributed by atoms with Crippen LogP contribution in [0.25, 0.3) is 11.0 Å². The molecule has 0 radical (unpaired) electrons. The van der Waals surface area contributed by atoms with Crippen LogP contribution in [-0.4, -0.2) is 60.5 Å². The Balaban J connectivity index is 1.37. The van der Waals surface area contributed by atoms with Gasteiger partial charge < -0.3 is 15.1 Å². The van der Waals surface area contributed by atoms with Crippen LogP contribution in [0.2, 0.25) is 0 Å². The Bertz CT molecular complexity index is 1290. The van der Waals surface area contributed by atoms with Gasteiger partial charge in [-0.15, -0.1) is 0 Å². The number of amides is 2. The quantitative estimate of drug-likeness (QED) is 0.540. The SMILES string of the molecule is CC(NC(=O)c1cc2ccccc2o1)C(=O)N[C@H]1CCCN(S(=O)(=O)c2ccccn2)CC1=O. The van der Waals surface area contributed by atoms with Crippen molar-refractivity contribution in [1.82, 2.24) is 19.9 Å². The number of hydrogen-bond acceptors (Lipinski definition) is 7. The number of nitrogens with zero attached hydrogens (tertiary/aromatic N) is 2. The summed E-state index contributed by atoms with van der Waals surface area (Å²) in [6.07, 6.45) is 2.03. The molecule has 1 saturated heterocycles. The zero-order valence-corrected chi connectivity index (χ0v) is 19.2.